The van der Waals surface area contributed by atoms with Crippen molar-refractivity contribution in [2.24, 2.45) is 11.3 Å². The van der Waals surface area contributed by atoms with Crippen LogP contribution in [0.5, 0.6) is 11.5 Å². The fourth-order valence-electron chi connectivity index (χ4n) is 8.30. The highest BCUT2D eigenvalue weighted by atomic mass is 16.6. The number of likely N-dealkylation sites (N-methyl/N-ethyl adjacent to an activating group) is 1. The molecule has 2 heterocycles. The van der Waals surface area contributed by atoms with Crippen LogP contribution >= 0.6 is 0 Å². The van der Waals surface area contributed by atoms with Crippen LogP contribution in [0.25, 0.3) is 0 Å². The molecule has 6 aliphatic rings. The summed E-state index contributed by atoms with van der Waals surface area (Å²) in [5.74, 6) is 1.89. The van der Waals surface area contributed by atoms with E-state index in [0.29, 0.717) is 6.04 Å². The molecule has 5 nitrogen and oxygen atoms in total. The number of hydrogen-bond acceptors (Lipinski definition) is 5. The maximum absolute atomic E-state index is 12.8. The molecule has 3 saturated carbocycles. The molecule has 1 saturated heterocycles. The van der Waals surface area contributed by atoms with Crippen molar-refractivity contribution in [2.45, 2.75) is 62.2 Å². The fourth-order valence-corrected chi connectivity index (χ4v) is 8.30. The van der Waals surface area contributed by atoms with Crippen molar-refractivity contribution in [1.29, 1.82) is 0 Å². The van der Waals surface area contributed by atoms with E-state index in [-0.39, 0.29) is 28.6 Å². The molecule has 28 heavy (non-hydrogen) atoms. The van der Waals surface area contributed by atoms with Gasteiger partial charge in [-0.3, -0.25) is 4.79 Å². The van der Waals surface area contributed by atoms with Crippen LogP contribution in [-0.4, -0.2) is 56.2 Å². The third-order valence-electron chi connectivity index (χ3n) is 9.32. The van der Waals surface area contributed by atoms with E-state index in [0.717, 1.165) is 50.1 Å². The van der Waals surface area contributed by atoms with Crippen molar-refractivity contribution in [3.63, 3.8) is 0 Å². The lowest BCUT2D eigenvalue weighted by Gasteiger charge is -2.73. The number of ketones is 1. The number of carbonyl (C=O) groups excluding carboxylic acids is 1. The average Bonchev–Trinajstić information content (AvgIpc) is 3.07. The van der Waals surface area contributed by atoms with E-state index in [1.54, 1.807) is 21.1 Å². The molecule has 0 N–H and O–H groups in total. The standard InChI is InChI=1S/C23H29NO4/c1-13(25)15-12-21-7-8-23(15,27-4)20-22(21)9-10-24(2)17(21)11-14-5-6-16(26-3)19(28-20)18(14)22/h5-6,15,17,20H,7-12H2,1-4H3/t15?,17-,20-,21-,22+,23+/m1/s1. The van der Waals surface area contributed by atoms with Gasteiger partial charge in [-0.1, -0.05) is 6.07 Å². The van der Waals surface area contributed by atoms with Crippen molar-refractivity contribution in [3.8, 4) is 11.5 Å². The number of ether oxygens (including phenoxy) is 3. The van der Waals surface area contributed by atoms with Crippen LogP contribution in [0.1, 0.15) is 43.7 Å². The molecule has 7 rings (SSSR count). The van der Waals surface area contributed by atoms with Crippen molar-refractivity contribution in [3.05, 3.63) is 23.3 Å². The predicted octanol–water partition coefficient (Wildman–Crippen LogP) is 2.73. The minimum atomic E-state index is -0.535. The number of likely N-dealkylation sites (tertiary alicyclic amines) is 1. The first-order chi connectivity index (χ1) is 13.4. The van der Waals surface area contributed by atoms with Gasteiger partial charge in [0.05, 0.1) is 13.0 Å². The number of methoxy groups -OCH3 is 2. The number of Topliss-reactive ketones (excluding diaryl/α,β-unsaturated/α-hetero) is 1. The topological polar surface area (TPSA) is 48.0 Å². The Morgan fingerprint density at radius 1 is 1.25 bits per heavy atom. The Bertz CT molecular complexity index is 899. The van der Waals surface area contributed by atoms with Gasteiger partial charge in [0, 0.05) is 29.5 Å². The number of hydrogen-bond donors (Lipinski definition) is 0. The molecule has 1 aromatic rings. The summed E-state index contributed by atoms with van der Waals surface area (Å²) in [5.41, 5.74) is 2.25. The van der Waals surface area contributed by atoms with Crippen LogP contribution < -0.4 is 9.47 Å². The lowest BCUT2D eigenvalue weighted by molar-refractivity contribution is -0.270. The zero-order valence-electron chi connectivity index (χ0n) is 17.2. The fraction of sp³-hybridized carbons (Fsp3) is 0.696. The van der Waals surface area contributed by atoms with Crippen LogP contribution in [0.4, 0.5) is 0 Å². The summed E-state index contributed by atoms with van der Waals surface area (Å²) in [4.78, 5) is 15.4. The van der Waals surface area contributed by atoms with Gasteiger partial charge in [0.15, 0.2) is 11.5 Å². The van der Waals surface area contributed by atoms with Crippen molar-refractivity contribution < 1.29 is 19.0 Å². The maximum Gasteiger partial charge on any atom is 0.165 e. The highest BCUT2D eigenvalue weighted by molar-refractivity contribution is 5.81. The van der Waals surface area contributed by atoms with Gasteiger partial charge in [0.2, 0.25) is 0 Å². The minimum absolute atomic E-state index is 0.0676. The van der Waals surface area contributed by atoms with E-state index in [9.17, 15) is 4.79 Å². The molecule has 0 aromatic heterocycles. The smallest absolute Gasteiger partial charge is 0.165 e. The van der Waals surface area contributed by atoms with E-state index >= 15 is 0 Å². The minimum Gasteiger partial charge on any atom is -0.493 e. The van der Waals surface area contributed by atoms with Gasteiger partial charge >= 0.3 is 0 Å². The summed E-state index contributed by atoms with van der Waals surface area (Å²) in [6.45, 7) is 2.80. The molecular weight excluding hydrogens is 354 g/mol. The zero-order chi connectivity index (χ0) is 19.5. The van der Waals surface area contributed by atoms with Crippen LogP contribution in [0.3, 0.4) is 0 Å². The van der Waals surface area contributed by atoms with Gasteiger partial charge in [-0.25, -0.2) is 0 Å². The first-order valence-electron chi connectivity index (χ1n) is 10.6. The van der Waals surface area contributed by atoms with Crippen LogP contribution in [0, 0.1) is 11.3 Å². The Morgan fingerprint density at radius 3 is 2.79 bits per heavy atom. The molecule has 150 valence electrons. The normalized spacial score (nSPS) is 44.8. The Hall–Kier alpha value is -1.59. The summed E-state index contributed by atoms with van der Waals surface area (Å²) >= 11 is 0. The molecule has 1 aromatic carbocycles. The Morgan fingerprint density at radius 2 is 2.07 bits per heavy atom. The third-order valence-corrected chi connectivity index (χ3v) is 9.32. The summed E-state index contributed by atoms with van der Waals surface area (Å²) in [5, 5.41) is 0. The van der Waals surface area contributed by atoms with Gasteiger partial charge in [-0.15, -0.1) is 0 Å². The van der Waals surface area contributed by atoms with E-state index < -0.39 is 5.60 Å². The molecule has 4 fully saturated rings. The SMILES string of the molecule is COc1ccc2c3c1O[C@H]1[C@]4(OC)CC[C@@]5(CC4C(C)=O)[C@@H](C2)N(C)CC[C@]315. The van der Waals surface area contributed by atoms with E-state index in [4.69, 9.17) is 14.2 Å². The monoisotopic (exact) mass is 383 g/mol. The lowest BCUT2D eigenvalue weighted by atomic mass is 9.34. The maximum atomic E-state index is 12.8. The number of piperidine rings is 1. The second-order valence-electron chi connectivity index (χ2n) is 9.73. The molecule has 2 aliphatic heterocycles. The predicted molar refractivity (Wildman–Crippen MR) is 104 cm³/mol. The van der Waals surface area contributed by atoms with Gasteiger partial charge in [-0.2, -0.15) is 0 Å². The third kappa shape index (κ3) is 1.53. The van der Waals surface area contributed by atoms with Gasteiger partial charge in [-0.05, 0) is 64.3 Å². The second kappa shape index (κ2) is 5.11. The zero-order valence-corrected chi connectivity index (χ0v) is 17.2. The largest absolute Gasteiger partial charge is 0.493 e. The van der Waals surface area contributed by atoms with E-state index in [2.05, 4.69) is 24.1 Å². The first kappa shape index (κ1) is 17.3. The molecule has 1 unspecified atom stereocenters. The summed E-state index contributed by atoms with van der Waals surface area (Å²) in [6, 6.07) is 4.75. The number of rotatable bonds is 3. The summed E-state index contributed by atoms with van der Waals surface area (Å²) in [6.07, 6.45) is 4.91. The number of nitrogens with zero attached hydrogens (tertiary/aromatic N) is 1. The van der Waals surface area contributed by atoms with E-state index in [1.807, 2.05) is 0 Å². The van der Waals surface area contributed by atoms with Crippen LogP contribution in [0.15, 0.2) is 12.1 Å². The number of carbonyl (C=O) groups is 1. The molecule has 6 atom stereocenters. The molecule has 4 aliphatic carbocycles. The number of fused-ring (bicyclic) bond motifs is 2. The van der Waals surface area contributed by atoms with Crippen LogP contribution in [-0.2, 0) is 21.4 Å². The molecule has 0 radical (unpaired) electrons. The highest BCUT2D eigenvalue weighted by Gasteiger charge is 2.80. The Balaban J connectivity index is 1.69. The van der Waals surface area contributed by atoms with Crippen LogP contribution in [0.2, 0.25) is 0 Å². The van der Waals surface area contributed by atoms with Crippen molar-refractivity contribution in [2.75, 3.05) is 27.8 Å². The van der Waals surface area contributed by atoms with E-state index in [1.165, 1.54) is 11.1 Å². The molecule has 5 heteroatoms. The second-order valence-corrected chi connectivity index (χ2v) is 9.73. The molecule has 4 bridgehead atoms. The highest BCUT2D eigenvalue weighted by Crippen LogP contribution is 2.76. The molecule has 2 spiro atoms. The number of benzene rings is 1. The van der Waals surface area contributed by atoms with Gasteiger partial charge < -0.3 is 19.1 Å². The Kier molecular flexibility index (Phi) is 3.16. The first-order valence-corrected chi connectivity index (χ1v) is 10.6. The summed E-state index contributed by atoms with van der Waals surface area (Å²) < 4.78 is 18.8. The van der Waals surface area contributed by atoms with Crippen molar-refractivity contribution >= 4 is 5.78 Å². The Labute approximate surface area is 166 Å². The molecular formula is C23H29NO4. The van der Waals surface area contributed by atoms with Gasteiger partial charge in [0.1, 0.15) is 17.5 Å². The summed E-state index contributed by atoms with van der Waals surface area (Å²) in [7, 11) is 5.77. The molecule has 0 amide bonds. The van der Waals surface area contributed by atoms with Crippen molar-refractivity contribution in [1.82, 2.24) is 4.90 Å². The average molecular weight is 383 g/mol. The quantitative estimate of drug-likeness (QED) is 0.803. The van der Waals surface area contributed by atoms with Gasteiger partial charge in [0.25, 0.3) is 0 Å². The lowest BCUT2D eigenvalue weighted by Crippen LogP contribution is -2.81.